The van der Waals surface area contributed by atoms with Gasteiger partial charge in [0.2, 0.25) is 0 Å². The lowest BCUT2D eigenvalue weighted by atomic mass is 9.90. The van der Waals surface area contributed by atoms with Gasteiger partial charge in [-0.3, -0.25) is 5.32 Å². The van der Waals surface area contributed by atoms with Crippen molar-refractivity contribution in [3.8, 4) is 11.8 Å². The van der Waals surface area contributed by atoms with E-state index in [1.807, 2.05) is 5.92 Å². The zero-order valence-corrected chi connectivity index (χ0v) is 12.0. The Morgan fingerprint density at radius 1 is 1.26 bits per heavy atom. The molecule has 3 rings (SSSR count). The molecule has 0 bridgehead atoms. The molecule has 1 atom stereocenters. The van der Waals surface area contributed by atoms with Crippen LogP contribution in [0.4, 0.5) is 23.7 Å². The number of fused-ring (bicyclic) bond motifs is 1. The Morgan fingerprint density at radius 2 is 2.04 bits per heavy atom. The number of alkyl halides is 3. The van der Waals surface area contributed by atoms with Gasteiger partial charge in [-0.1, -0.05) is 11.6 Å². The van der Waals surface area contributed by atoms with Crippen molar-refractivity contribution in [3.63, 3.8) is 0 Å². The molecule has 0 aliphatic carbocycles. The third-order valence-corrected chi connectivity index (χ3v) is 3.36. The Balaban J connectivity index is 2.25. The maximum absolute atomic E-state index is 13.7. The predicted octanol–water partition coefficient (Wildman–Crippen LogP) is 4.30. The van der Waals surface area contributed by atoms with Crippen molar-refractivity contribution in [3.05, 3.63) is 52.9 Å². The minimum absolute atomic E-state index is 0.00628. The molecule has 118 valence electrons. The first-order valence-electron chi connectivity index (χ1n) is 6.25. The number of ether oxygens (including phenoxy) is 1. The second-order valence-corrected chi connectivity index (χ2v) is 5.05. The maximum Gasteiger partial charge on any atom is 0.445 e. The predicted molar refractivity (Wildman–Crippen MR) is 74.9 cm³/mol. The molecule has 0 spiro atoms. The molecule has 23 heavy (non-hydrogen) atoms. The van der Waals surface area contributed by atoms with Crippen molar-refractivity contribution in [2.75, 3.05) is 5.32 Å². The molecule has 1 aliphatic rings. The van der Waals surface area contributed by atoms with Gasteiger partial charge in [0.1, 0.15) is 0 Å². The number of rotatable bonds is 0. The minimum Gasteiger partial charge on any atom is -0.456 e. The smallest absolute Gasteiger partial charge is 0.445 e. The average molecular weight is 342 g/mol. The van der Waals surface area contributed by atoms with Crippen molar-refractivity contribution >= 4 is 23.4 Å². The summed E-state index contributed by atoms with van der Waals surface area (Å²) in [5.41, 5.74) is -3.60. The first-order valence-corrected chi connectivity index (χ1v) is 6.63. The molecule has 4 nitrogen and oxygen atoms in total. The molecule has 1 N–H and O–H groups in total. The molecule has 0 saturated heterocycles. The molecular formula is C15H7ClF3NO3. The number of furan rings is 1. The van der Waals surface area contributed by atoms with E-state index in [0.29, 0.717) is 0 Å². The Bertz CT molecular complexity index is 821. The Labute approximate surface area is 133 Å². The number of carbonyl (C=O) groups excluding carboxylic acids is 1. The summed E-state index contributed by atoms with van der Waals surface area (Å²) in [7, 11) is 0. The maximum atomic E-state index is 13.7. The van der Waals surface area contributed by atoms with Gasteiger partial charge in [0.25, 0.3) is 5.60 Å². The normalized spacial score (nSPS) is 19.9. The molecule has 2 aromatic rings. The summed E-state index contributed by atoms with van der Waals surface area (Å²) < 4.78 is 50.6. The number of nitrogens with one attached hydrogen (secondary N) is 1. The van der Waals surface area contributed by atoms with E-state index in [1.165, 1.54) is 30.5 Å². The van der Waals surface area contributed by atoms with Gasteiger partial charge in [-0.05, 0) is 42.2 Å². The molecule has 8 heteroatoms. The van der Waals surface area contributed by atoms with Crippen LogP contribution >= 0.6 is 11.6 Å². The van der Waals surface area contributed by atoms with E-state index in [2.05, 4.69) is 16.0 Å². The number of anilines is 1. The molecule has 1 amide bonds. The molecular weight excluding hydrogens is 335 g/mol. The number of hydrogen-bond acceptors (Lipinski definition) is 3. The van der Waals surface area contributed by atoms with Crippen molar-refractivity contribution in [1.29, 1.82) is 0 Å². The van der Waals surface area contributed by atoms with E-state index in [0.717, 1.165) is 6.07 Å². The van der Waals surface area contributed by atoms with Gasteiger partial charge in [0.05, 0.1) is 12.0 Å². The molecule has 0 saturated carbocycles. The number of benzene rings is 1. The molecule has 2 heterocycles. The lowest BCUT2D eigenvalue weighted by Crippen LogP contribution is -2.49. The zero-order valence-electron chi connectivity index (χ0n) is 11.2. The van der Waals surface area contributed by atoms with Crippen molar-refractivity contribution in [1.82, 2.24) is 0 Å². The van der Waals surface area contributed by atoms with Crippen LogP contribution in [-0.4, -0.2) is 12.3 Å². The van der Waals surface area contributed by atoms with Crippen LogP contribution in [0.3, 0.4) is 0 Å². The molecule has 1 aliphatic heterocycles. The van der Waals surface area contributed by atoms with Crippen molar-refractivity contribution in [2.24, 2.45) is 0 Å². The van der Waals surface area contributed by atoms with Gasteiger partial charge in [-0.25, -0.2) is 4.79 Å². The molecule has 1 aromatic carbocycles. The molecule has 1 unspecified atom stereocenters. The van der Waals surface area contributed by atoms with Crippen LogP contribution in [0.15, 0.2) is 41.0 Å². The van der Waals surface area contributed by atoms with Gasteiger partial charge in [-0.15, -0.1) is 0 Å². The second kappa shape index (κ2) is 5.25. The summed E-state index contributed by atoms with van der Waals surface area (Å²) in [6.45, 7) is 0. The van der Waals surface area contributed by atoms with Gasteiger partial charge >= 0.3 is 12.3 Å². The standard InChI is InChI=1S/C15H7ClF3NO3/c16-9-3-4-12-11(8-9)14(15(17,18)19,23-13(21)20-12)6-5-10-2-1-7-22-10/h1-4,7-8H,(H,20,21). The number of hydrogen-bond donors (Lipinski definition) is 1. The third-order valence-electron chi connectivity index (χ3n) is 3.13. The first-order chi connectivity index (χ1) is 10.8. The Morgan fingerprint density at radius 3 is 2.70 bits per heavy atom. The van der Waals surface area contributed by atoms with Crippen LogP contribution in [0.1, 0.15) is 11.3 Å². The molecule has 1 aromatic heterocycles. The van der Waals surface area contributed by atoms with E-state index in [-0.39, 0.29) is 16.5 Å². The largest absolute Gasteiger partial charge is 0.456 e. The highest BCUT2D eigenvalue weighted by molar-refractivity contribution is 6.30. The summed E-state index contributed by atoms with van der Waals surface area (Å²) in [4.78, 5) is 11.6. The Kier molecular flexibility index (Phi) is 3.49. The quantitative estimate of drug-likeness (QED) is 0.727. The highest BCUT2D eigenvalue weighted by Crippen LogP contribution is 2.47. The van der Waals surface area contributed by atoms with Crippen LogP contribution in [0.2, 0.25) is 5.02 Å². The van der Waals surface area contributed by atoms with Gasteiger partial charge < -0.3 is 9.15 Å². The minimum atomic E-state index is -4.98. The van der Waals surface area contributed by atoms with Crippen LogP contribution in [0.25, 0.3) is 0 Å². The topological polar surface area (TPSA) is 51.5 Å². The van der Waals surface area contributed by atoms with Crippen LogP contribution < -0.4 is 5.32 Å². The SMILES string of the molecule is O=C1Nc2ccc(Cl)cc2C(C#Cc2ccco2)(C(F)(F)F)O1. The molecule has 0 fully saturated rings. The van der Waals surface area contributed by atoms with E-state index < -0.39 is 23.4 Å². The fraction of sp³-hybridized carbons (Fsp3) is 0.133. The fourth-order valence-corrected chi connectivity index (χ4v) is 2.29. The summed E-state index contributed by atoms with van der Waals surface area (Å²) in [5.74, 6) is 4.23. The lowest BCUT2D eigenvalue weighted by molar-refractivity contribution is -0.239. The number of cyclic esters (lactones) is 1. The fourth-order valence-electron chi connectivity index (χ4n) is 2.12. The summed E-state index contributed by atoms with van der Waals surface area (Å²) in [6.07, 6.45) is -4.97. The van der Waals surface area contributed by atoms with Gasteiger partial charge in [0, 0.05) is 10.6 Å². The van der Waals surface area contributed by atoms with Crippen LogP contribution in [0, 0.1) is 11.8 Å². The summed E-state index contributed by atoms with van der Waals surface area (Å²) in [6, 6.07) is 6.53. The highest BCUT2D eigenvalue weighted by atomic mass is 35.5. The van der Waals surface area contributed by atoms with Crippen LogP contribution in [-0.2, 0) is 10.3 Å². The average Bonchev–Trinajstić information content (AvgIpc) is 2.97. The number of amides is 1. The van der Waals surface area contributed by atoms with Crippen LogP contribution in [0.5, 0.6) is 0 Å². The van der Waals surface area contributed by atoms with E-state index >= 15 is 0 Å². The lowest BCUT2D eigenvalue weighted by Gasteiger charge is -2.35. The monoisotopic (exact) mass is 341 g/mol. The van der Waals surface area contributed by atoms with E-state index in [4.69, 9.17) is 16.0 Å². The zero-order chi connectivity index (χ0) is 16.7. The van der Waals surface area contributed by atoms with Gasteiger partial charge in [0.15, 0.2) is 5.76 Å². The third kappa shape index (κ3) is 2.62. The molecule has 0 radical (unpaired) electrons. The number of halogens is 4. The van der Waals surface area contributed by atoms with E-state index in [1.54, 1.807) is 0 Å². The highest BCUT2D eigenvalue weighted by Gasteiger charge is 2.62. The second-order valence-electron chi connectivity index (χ2n) is 4.61. The summed E-state index contributed by atoms with van der Waals surface area (Å²) in [5, 5.41) is 2.25. The van der Waals surface area contributed by atoms with Crippen molar-refractivity contribution < 1.29 is 27.1 Å². The van der Waals surface area contributed by atoms with Crippen molar-refractivity contribution in [2.45, 2.75) is 11.8 Å². The Hall–Kier alpha value is -2.59. The number of carbonyl (C=O) groups is 1. The summed E-state index contributed by atoms with van der Waals surface area (Å²) >= 11 is 5.79. The van der Waals surface area contributed by atoms with E-state index in [9.17, 15) is 18.0 Å². The first kappa shape index (κ1) is 15.3. The van der Waals surface area contributed by atoms with Gasteiger partial charge in [-0.2, -0.15) is 13.2 Å².